The average molecular weight is 222 g/mol. The van der Waals surface area contributed by atoms with E-state index in [1.54, 1.807) is 30.3 Å². The normalized spacial score (nSPS) is 9.86. The zero-order valence-corrected chi connectivity index (χ0v) is 9.07. The molecule has 0 spiro atoms. The van der Waals surface area contributed by atoms with Gasteiger partial charge in [0.15, 0.2) is 0 Å². The Kier molecular flexibility index (Phi) is 7.48. The van der Waals surface area contributed by atoms with Gasteiger partial charge in [0.05, 0.1) is 14.4 Å². The summed E-state index contributed by atoms with van der Waals surface area (Å²) in [6, 6.07) is 8.61. The van der Waals surface area contributed by atoms with Crippen molar-refractivity contribution in [1.29, 1.82) is 0 Å². The molecule has 14 heavy (non-hydrogen) atoms. The SMILES string of the molecule is O=P([O-])([O-])OCc1ccccc1.[NH4+].[NH4+]. The third-order valence-corrected chi connectivity index (χ3v) is 1.68. The minimum Gasteiger partial charge on any atom is -0.790 e. The van der Waals surface area contributed by atoms with E-state index in [4.69, 9.17) is 0 Å². The number of phosphoric acid groups is 1. The van der Waals surface area contributed by atoms with Gasteiger partial charge in [-0.2, -0.15) is 0 Å². The van der Waals surface area contributed by atoms with Crippen molar-refractivity contribution in [2.24, 2.45) is 0 Å². The van der Waals surface area contributed by atoms with Gasteiger partial charge < -0.3 is 31.2 Å². The summed E-state index contributed by atoms with van der Waals surface area (Å²) in [4.78, 5) is 20.1. The molecule has 82 valence electrons. The maximum Gasteiger partial charge on any atom is 0.0769 e. The van der Waals surface area contributed by atoms with E-state index in [0.717, 1.165) is 0 Å². The molecule has 0 saturated carbocycles. The predicted octanol–water partition coefficient (Wildman–Crippen LogP) is 0.784. The van der Waals surface area contributed by atoms with Crippen LogP contribution in [0.2, 0.25) is 0 Å². The molecule has 0 saturated heterocycles. The number of quaternary nitrogens is 2. The molecule has 0 radical (unpaired) electrons. The van der Waals surface area contributed by atoms with Crippen molar-refractivity contribution in [2.45, 2.75) is 6.61 Å². The number of rotatable bonds is 3. The van der Waals surface area contributed by atoms with Gasteiger partial charge in [-0.1, -0.05) is 30.3 Å². The molecule has 0 bridgehead atoms. The van der Waals surface area contributed by atoms with E-state index >= 15 is 0 Å². The minimum absolute atomic E-state index is 0. The monoisotopic (exact) mass is 222 g/mol. The second-order valence-electron chi connectivity index (χ2n) is 2.21. The van der Waals surface area contributed by atoms with Crippen LogP contribution in [0.15, 0.2) is 30.3 Å². The van der Waals surface area contributed by atoms with Gasteiger partial charge >= 0.3 is 0 Å². The van der Waals surface area contributed by atoms with Crippen LogP contribution in [0.5, 0.6) is 0 Å². The fourth-order valence-electron chi connectivity index (χ4n) is 0.728. The summed E-state index contributed by atoms with van der Waals surface area (Å²) >= 11 is 0. The lowest BCUT2D eigenvalue weighted by Gasteiger charge is -2.28. The molecule has 0 unspecified atom stereocenters. The molecular weight excluding hydrogens is 207 g/mol. The van der Waals surface area contributed by atoms with Gasteiger partial charge in [0.1, 0.15) is 0 Å². The highest BCUT2D eigenvalue weighted by Crippen LogP contribution is 2.26. The van der Waals surface area contributed by atoms with E-state index in [9.17, 15) is 14.4 Å². The largest absolute Gasteiger partial charge is 0.790 e. The Labute approximate surface area is 82.3 Å². The minimum atomic E-state index is -4.83. The first-order valence-corrected chi connectivity index (χ1v) is 4.74. The summed E-state index contributed by atoms with van der Waals surface area (Å²) < 4.78 is 14.1. The first-order valence-electron chi connectivity index (χ1n) is 3.28. The summed E-state index contributed by atoms with van der Waals surface area (Å²) in [5.74, 6) is 0. The summed E-state index contributed by atoms with van der Waals surface area (Å²) in [5, 5.41) is 0. The highest BCUT2D eigenvalue weighted by Gasteiger charge is 1.92. The Morgan fingerprint density at radius 2 is 1.64 bits per heavy atom. The van der Waals surface area contributed by atoms with E-state index in [1.807, 2.05) is 0 Å². The van der Waals surface area contributed by atoms with E-state index in [1.165, 1.54) is 0 Å². The summed E-state index contributed by atoms with van der Waals surface area (Å²) in [5.41, 5.74) is 0.657. The number of hydrogen-bond acceptors (Lipinski definition) is 4. The van der Waals surface area contributed by atoms with E-state index in [2.05, 4.69) is 4.52 Å². The summed E-state index contributed by atoms with van der Waals surface area (Å²) in [7, 11) is -4.83. The molecule has 8 N–H and O–H groups in total. The van der Waals surface area contributed by atoms with Crippen LogP contribution in [0.25, 0.3) is 0 Å². The van der Waals surface area contributed by atoms with Crippen molar-refractivity contribution in [3.8, 4) is 0 Å². The molecule has 0 atom stereocenters. The highest BCUT2D eigenvalue weighted by atomic mass is 31.2. The van der Waals surface area contributed by atoms with Gasteiger partial charge in [-0.25, -0.2) is 0 Å². The predicted molar refractivity (Wildman–Crippen MR) is 50.8 cm³/mol. The lowest BCUT2D eigenvalue weighted by Crippen LogP contribution is -2.16. The van der Waals surface area contributed by atoms with Gasteiger partial charge in [0.25, 0.3) is 0 Å². The van der Waals surface area contributed by atoms with Crippen molar-refractivity contribution in [2.75, 3.05) is 0 Å². The second kappa shape index (κ2) is 6.67. The Morgan fingerprint density at radius 1 is 1.14 bits per heavy atom. The molecule has 1 rings (SSSR count). The standard InChI is InChI=1S/C7H9O4P.2H3N/c8-12(9,10)11-6-7-4-2-1-3-5-7;;/h1-5H,6H2,(H2,8,9,10);2*1H3. The van der Waals surface area contributed by atoms with E-state index < -0.39 is 7.82 Å². The molecule has 7 heteroatoms. The first kappa shape index (κ1) is 15.7. The van der Waals surface area contributed by atoms with Crippen LogP contribution in [-0.2, 0) is 15.7 Å². The Hall–Kier alpha value is -0.750. The lowest BCUT2D eigenvalue weighted by molar-refractivity contribution is -0.342. The second-order valence-corrected chi connectivity index (χ2v) is 3.36. The molecule has 0 amide bonds. The fourth-order valence-corrected chi connectivity index (χ4v) is 1.04. The molecule has 1 aromatic carbocycles. The molecule has 0 aromatic heterocycles. The first-order chi connectivity index (χ1) is 5.58. The van der Waals surface area contributed by atoms with Crippen LogP contribution < -0.4 is 22.1 Å². The van der Waals surface area contributed by atoms with Gasteiger partial charge in [-0.15, -0.1) is 0 Å². The number of phosphoric ester groups is 1. The summed E-state index contributed by atoms with van der Waals surface area (Å²) in [6.45, 7) is -0.189. The zero-order chi connectivity index (χ0) is 9.03. The molecule has 0 fully saturated rings. The highest BCUT2D eigenvalue weighted by molar-refractivity contribution is 7.43. The quantitative estimate of drug-likeness (QED) is 0.727. The van der Waals surface area contributed by atoms with Gasteiger partial charge in [-0.05, 0) is 5.56 Å². The molecule has 6 nitrogen and oxygen atoms in total. The van der Waals surface area contributed by atoms with E-state index in [0.29, 0.717) is 5.56 Å². The fraction of sp³-hybridized carbons (Fsp3) is 0.143. The molecule has 0 heterocycles. The average Bonchev–Trinajstić information content (AvgIpc) is 2.02. The molecule has 0 aliphatic rings. The van der Waals surface area contributed by atoms with Crippen LogP contribution in [0.3, 0.4) is 0 Å². The number of benzene rings is 1. The number of hydrogen-bond donors (Lipinski definition) is 2. The van der Waals surface area contributed by atoms with Crippen LogP contribution in [-0.4, -0.2) is 0 Å². The Morgan fingerprint density at radius 3 is 2.07 bits per heavy atom. The zero-order valence-electron chi connectivity index (χ0n) is 8.17. The van der Waals surface area contributed by atoms with Crippen LogP contribution >= 0.6 is 7.82 Å². The molecular formula is C7H15N2O4P. The van der Waals surface area contributed by atoms with Crippen molar-refractivity contribution in [3.63, 3.8) is 0 Å². The van der Waals surface area contributed by atoms with Crippen LogP contribution in [0, 0.1) is 0 Å². The lowest BCUT2D eigenvalue weighted by atomic mass is 10.2. The van der Waals surface area contributed by atoms with Gasteiger partial charge in [-0.3, -0.25) is 0 Å². The topological polar surface area (TPSA) is 145 Å². The van der Waals surface area contributed by atoms with Gasteiger partial charge in [0.2, 0.25) is 0 Å². The summed E-state index contributed by atoms with van der Waals surface area (Å²) in [6.07, 6.45) is 0. The maximum atomic E-state index is 10.1. The Bertz CT molecular complexity index is 287. The van der Waals surface area contributed by atoms with E-state index in [-0.39, 0.29) is 18.9 Å². The molecule has 0 aliphatic carbocycles. The third kappa shape index (κ3) is 6.73. The Balaban J connectivity index is 0. The van der Waals surface area contributed by atoms with Crippen molar-refractivity contribution in [3.05, 3.63) is 35.9 Å². The van der Waals surface area contributed by atoms with Crippen LogP contribution in [0.1, 0.15) is 5.56 Å². The smallest absolute Gasteiger partial charge is 0.0769 e. The van der Waals surface area contributed by atoms with Gasteiger partial charge in [0, 0.05) is 0 Å². The molecule has 0 aliphatic heterocycles. The third-order valence-electron chi connectivity index (χ3n) is 1.23. The van der Waals surface area contributed by atoms with Crippen LogP contribution in [0.4, 0.5) is 0 Å². The van der Waals surface area contributed by atoms with Crippen molar-refractivity contribution < 1.29 is 18.9 Å². The molecule has 1 aromatic rings. The van der Waals surface area contributed by atoms with Crippen molar-refractivity contribution >= 4 is 7.82 Å². The maximum absolute atomic E-state index is 10.1. The van der Waals surface area contributed by atoms with Crippen molar-refractivity contribution in [1.82, 2.24) is 12.3 Å².